The van der Waals surface area contributed by atoms with E-state index in [-0.39, 0.29) is 4.90 Å². The molecule has 0 fully saturated rings. The number of hydrogen-bond donors (Lipinski definition) is 2. The molecule has 2 rings (SSSR count). The number of thiazole rings is 1. The summed E-state index contributed by atoms with van der Waals surface area (Å²) in [5.74, 6) is 0.500. The van der Waals surface area contributed by atoms with Crippen LogP contribution >= 0.6 is 11.3 Å². The fraction of sp³-hybridized carbons (Fsp3) is 0.333. The first-order valence-corrected chi connectivity index (χ1v) is 8.29. The molecular weight excluding hydrogens is 296 g/mol. The fourth-order valence-electron chi connectivity index (χ4n) is 1.69. The third kappa shape index (κ3) is 3.14. The lowest BCUT2D eigenvalue weighted by molar-refractivity contribution is 0.470. The van der Waals surface area contributed by atoms with Gasteiger partial charge in [-0.1, -0.05) is 0 Å². The van der Waals surface area contributed by atoms with Crippen molar-refractivity contribution in [3.05, 3.63) is 34.9 Å². The molecule has 0 aliphatic rings. The minimum absolute atomic E-state index is 0.168. The highest BCUT2D eigenvalue weighted by Gasteiger charge is 2.30. The SMILES string of the molecule is CNc1cc(S(=O)(=O)NC(C)(C)c2nccs2)ccn1. The molecule has 20 heavy (non-hydrogen) atoms. The number of hydrogen-bond acceptors (Lipinski definition) is 6. The minimum Gasteiger partial charge on any atom is -0.373 e. The van der Waals surface area contributed by atoms with Crippen LogP contribution in [-0.2, 0) is 15.6 Å². The number of nitrogens with zero attached hydrogens (tertiary/aromatic N) is 2. The highest BCUT2D eigenvalue weighted by Crippen LogP contribution is 2.25. The average molecular weight is 312 g/mol. The Labute approximate surface area is 122 Å². The highest BCUT2D eigenvalue weighted by atomic mass is 32.2. The monoisotopic (exact) mass is 312 g/mol. The van der Waals surface area contributed by atoms with Crippen LogP contribution in [0.4, 0.5) is 5.82 Å². The molecule has 0 atom stereocenters. The number of pyridine rings is 1. The molecule has 8 heteroatoms. The van der Waals surface area contributed by atoms with Gasteiger partial charge in [-0.15, -0.1) is 11.3 Å². The summed E-state index contributed by atoms with van der Waals surface area (Å²) >= 11 is 1.41. The summed E-state index contributed by atoms with van der Waals surface area (Å²) in [5.41, 5.74) is -0.768. The van der Waals surface area contributed by atoms with Crippen molar-refractivity contribution in [3.8, 4) is 0 Å². The summed E-state index contributed by atoms with van der Waals surface area (Å²) in [6.45, 7) is 3.56. The second-order valence-corrected chi connectivity index (χ2v) is 7.27. The van der Waals surface area contributed by atoms with E-state index >= 15 is 0 Å². The van der Waals surface area contributed by atoms with Gasteiger partial charge in [0.1, 0.15) is 10.8 Å². The molecule has 2 heterocycles. The van der Waals surface area contributed by atoms with Crippen molar-refractivity contribution in [2.45, 2.75) is 24.3 Å². The third-order valence-electron chi connectivity index (χ3n) is 2.65. The fourth-order valence-corrected chi connectivity index (χ4v) is 3.86. The van der Waals surface area contributed by atoms with E-state index in [1.165, 1.54) is 29.7 Å². The molecule has 0 bridgehead atoms. The molecule has 0 unspecified atom stereocenters. The Balaban J connectivity index is 2.31. The zero-order valence-electron chi connectivity index (χ0n) is 11.4. The van der Waals surface area contributed by atoms with Crippen molar-refractivity contribution in [3.63, 3.8) is 0 Å². The van der Waals surface area contributed by atoms with Gasteiger partial charge in [-0.3, -0.25) is 0 Å². The molecule has 0 aromatic carbocycles. The molecule has 0 saturated carbocycles. The van der Waals surface area contributed by atoms with Crippen LogP contribution < -0.4 is 10.0 Å². The summed E-state index contributed by atoms with van der Waals surface area (Å²) in [4.78, 5) is 8.34. The number of rotatable bonds is 5. The first-order chi connectivity index (χ1) is 9.35. The Bertz CT molecular complexity index is 681. The first kappa shape index (κ1) is 14.9. The minimum atomic E-state index is -3.64. The van der Waals surface area contributed by atoms with E-state index in [0.717, 1.165) is 0 Å². The quantitative estimate of drug-likeness (QED) is 0.879. The largest absolute Gasteiger partial charge is 0.373 e. The summed E-state index contributed by atoms with van der Waals surface area (Å²) < 4.78 is 27.5. The van der Waals surface area contributed by atoms with E-state index in [4.69, 9.17) is 0 Å². The van der Waals surface area contributed by atoms with Gasteiger partial charge in [0.15, 0.2) is 0 Å². The van der Waals surface area contributed by atoms with E-state index in [0.29, 0.717) is 10.8 Å². The Morgan fingerprint density at radius 2 is 2.00 bits per heavy atom. The standard InChI is InChI=1S/C12H16N4O2S2/c1-12(2,11-15-6-7-19-11)16-20(17,18)9-4-5-14-10(8-9)13-3/h4-8,16H,1-3H3,(H,13,14). The van der Waals surface area contributed by atoms with E-state index in [9.17, 15) is 8.42 Å². The van der Waals surface area contributed by atoms with Crippen LogP contribution in [-0.4, -0.2) is 25.4 Å². The summed E-state index contributed by atoms with van der Waals surface area (Å²) in [7, 11) is -1.95. The van der Waals surface area contributed by atoms with E-state index in [2.05, 4.69) is 20.0 Å². The normalized spacial score (nSPS) is 12.3. The molecular formula is C12H16N4O2S2. The van der Waals surface area contributed by atoms with Crippen LogP contribution in [0.25, 0.3) is 0 Å². The van der Waals surface area contributed by atoms with Crippen LogP contribution in [0.1, 0.15) is 18.9 Å². The molecule has 6 nitrogen and oxygen atoms in total. The van der Waals surface area contributed by atoms with Crippen molar-refractivity contribution in [2.75, 3.05) is 12.4 Å². The molecule has 0 radical (unpaired) electrons. The van der Waals surface area contributed by atoms with Crippen LogP contribution in [0.2, 0.25) is 0 Å². The highest BCUT2D eigenvalue weighted by molar-refractivity contribution is 7.89. The van der Waals surface area contributed by atoms with Gasteiger partial charge in [0.2, 0.25) is 10.0 Å². The topological polar surface area (TPSA) is 84.0 Å². The maximum atomic E-state index is 12.4. The Hall–Kier alpha value is -1.51. The van der Waals surface area contributed by atoms with Crippen LogP contribution in [0, 0.1) is 0 Å². The van der Waals surface area contributed by atoms with Gasteiger partial charge in [-0.05, 0) is 19.9 Å². The number of sulfonamides is 1. The Morgan fingerprint density at radius 1 is 1.25 bits per heavy atom. The van der Waals surface area contributed by atoms with Gasteiger partial charge >= 0.3 is 0 Å². The molecule has 0 aliphatic carbocycles. The lowest BCUT2D eigenvalue weighted by Gasteiger charge is -2.23. The molecule has 2 N–H and O–H groups in total. The second-order valence-electron chi connectivity index (χ2n) is 4.69. The van der Waals surface area contributed by atoms with Gasteiger partial charge in [0.05, 0.1) is 10.4 Å². The van der Waals surface area contributed by atoms with Gasteiger partial charge in [-0.25, -0.2) is 18.4 Å². The zero-order valence-corrected chi connectivity index (χ0v) is 13.0. The Kier molecular flexibility index (Phi) is 4.07. The van der Waals surface area contributed by atoms with Gasteiger partial charge < -0.3 is 5.32 Å². The molecule has 0 amide bonds. The van der Waals surface area contributed by atoms with E-state index in [1.54, 1.807) is 27.1 Å². The summed E-state index contributed by atoms with van der Waals surface area (Å²) in [6.07, 6.45) is 3.11. The maximum absolute atomic E-state index is 12.4. The third-order valence-corrected chi connectivity index (χ3v) is 5.40. The van der Waals surface area contributed by atoms with Gasteiger partial charge in [0, 0.05) is 30.9 Å². The second kappa shape index (κ2) is 5.47. The summed E-state index contributed by atoms with van der Waals surface area (Å²) in [5, 5.41) is 5.34. The maximum Gasteiger partial charge on any atom is 0.241 e. The average Bonchev–Trinajstić information content (AvgIpc) is 2.92. The van der Waals surface area contributed by atoms with Gasteiger partial charge in [-0.2, -0.15) is 4.72 Å². The van der Waals surface area contributed by atoms with Crippen molar-refractivity contribution >= 4 is 27.2 Å². The van der Waals surface area contributed by atoms with Crippen molar-refractivity contribution in [2.24, 2.45) is 0 Å². The molecule has 2 aromatic rings. The molecule has 0 spiro atoms. The number of nitrogens with one attached hydrogen (secondary N) is 2. The molecule has 108 valence electrons. The molecule has 0 saturated heterocycles. The number of anilines is 1. The van der Waals surface area contributed by atoms with Gasteiger partial charge in [0.25, 0.3) is 0 Å². The van der Waals surface area contributed by atoms with Crippen LogP contribution in [0.15, 0.2) is 34.8 Å². The zero-order chi connectivity index (χ0) is 14.8. The smallest absolute Gasteiger partial charge is 0.241 e. The molecule has 0 aliphatic heterocycles. The summed E-state index contributed by atoms with van der Waals surface area (Å²) in [6, 6.07) is 2.95. The van der Waals surface area contributed by atoms with Crippen molar-refractivity contribution in [1.82, 2.24) is 14.7 Å². The van der Waals surface area contributed by atoms with E-state index in [1.807, 2.05) is 5.38 Å². The van der Waals surface area contributed by atoms with Crippen molar-refractivity contribution in [1.29, 1.82) is 0 Å². The number of aromatic nitrogens is 2. The predicted molar refractivity (Wildman–Crippen MR) is 79.2 cm³/mol. The van der Waals surface area contributed by atoms with Crippen LogP contribution in [0.3, 0.4) is 0 Å². The molecule has 2 aromatic heterocycles. The van der Waals surface area contributed by atoms with Crippen LogP contribution in [0.5, 0.6) is 0 Å². The first-order valence-electron chi connectivity index (χ1n) is 5.93. The van der Waals surface area contributed by atoms with Crippen molar-refractivity contribution < 1.29 is 8.42 Å². The lowest BCUT2D eigenvalue weighted by atomic mass is 10.1. The van der Waals surface area contributed by atoms with E-state index < -0.39 is 15.6 Å². The Morgan fingerprint density at radius 3 is 2.60 bits per heavy atom. The predicted octanol–water partition coefficient (Wildman–Crippen LogP) is 1.79. The lowest BCUT2D eigenvalue weighted by Crippen LogP contribution is -2.40.